The van der Waals surface area contributed by atoms with E-state index >= 15 is 0 Å². The number of hydrogen-bond acceptors (Lipinski definition) is 4. The largest absolute Gasteiger partial charge is 0.490 e. The fourth-order valence-corrected chi connectivity index (χ4v) is 2.00. The number of nitrogens with zero attached hydrogens (tertiary/aromatic N) is 2. The van der Waals surface area contributed by atoms with Crippen molar-refractivity contribution in [3.05, 3.63) is 41.6 Å². The summed E-state index contributed by atoms with van der Waals surface area (Å²) in [5.74, 6) is 1.65. The number of ether oxygens (including phenoxy) is 2. The Balaban J connectivity index is 1.83. The van der Waals surface area contributed by atoms with E-state index in [0.29, 0.717) is 13.2 Å². The molecule has 0 atom stereocenters. The highest BCUT2D eigenvalue weighted by Gasteiger charge is 2.04. The second kappa shape index (κ2) is 6.96. The monoisotopic (exact) mass is 275 g/mol. The van der Waals surface area contributed by atoms with Crippen molar-refractivity contribution in [2.45, 2.75) is 13.5 Å². The number of aromatic nitrogens is 2. The lowest BCUT2D eigenvalue weighted by Crippen LogP contribution is -2.13. The Morgan fingerprint density at radius 1 is 1.20 bits per heavy atom. The summed E-state index contributed by atoms with van der Waals surface area (Å²) in [7, 11) is 3.79. The Hall–Kier alpha value is -2.01. The van der Waals surface area contributed by atoms with Crippen LogP contribution in [0.1, 0.15) is 11.3 Å². The fourth-order valence-electron chi connectivity index (χ4n) is 2.00. The van der Waals surface area contributed by atoms with E-state index in [4.69, 9.17) is 9.47 Å². The van der Waals surface area contributed by atoms with E-state index in [9.17, 15) is 0 Å². The molecular formula is C15H21N3O2. The molecule has 5 heteroatoms. The number of benzene rings is 1. The van der Waals surface area contributed by atoms with Crippen LogP contribution in [0.4, 0.5) is 0 Å². The standard InChI is InChI=1S/C15H21N3O2/c1-12-10-15(18(3)17-12)20-9-8-19-14-7-5-4-6-13(14)11-16-2/h4-7,10,16H,8-9,11H2,1-3H3. The molecule has 0 aliphatic rings. The normalized spacial score (nSPS) is 10.6. The minimum atomic E-state index is 0.493. The molecule has 1 aromatic carbocycles. The van der Waals surface area contributed by atoms with E-state index in [0.717, 1.165) is 29.4 Å². The molecule has 0 aliphatic heterocycles. The fraction of sp³-hybridized carbons (Fsp3) is 0.400. The molecule has 0 unspecified atom stereocenters. The van der Waals surface area contributed by atoms with Crippen molar-refractivity contribution in [3.63, 3.8) is 0 Å². The van der Waals surface area contributed by atoms with Gasteiger partial charge in [-0.3, -0.25) is 0 Å². The van der Waals surface area contributed by atoms with E-state index < -0.39 is 0 Å². The summed E-state index contributed by atoms with van der Waals surface area (Å²) >= 11 is 0. The summed E-state index contributed by atoms with van der Waals surface area (Å²) in [4.78, 5) is 0. The number of hydrogen-bond donors (Lipinski definition) is 1. The molecule has 20 heavy (non-hydrogen) atoms. The molecule has 1 aromatic heterocycles. The lowest BCUT2D eigenvalue weighted by molar-refractivity contribution is 0.205. The molecule has 0 saturated carbocycles. The van der Waals surface area contributed by atoms with Gasteiger partial charge in [0.2, 0.25) is 5.88 Å². The van der Waals surface area contributed by atoms with Crippen LogP contribution in [0.2, 0.25) is 0 Å². The number of nitrogens with one attached hydrogen (secondary N) is 1. The zero-order valence-electron chi connectivity index (χ0n) is 12.2. The third-order valence-electron chi connectivity index (χ3n) is 2.89. The van der Waals surface area contributed by atoms with E-state index in [1.165, 1.54) is 0 Å². The molecule has 0 radical (unpaired) electrons. The first-order chi connectivity index (χ1) is 9.70. The molecule has 0 spiro atoms. The van der Waals surface area contributed by atoms with Crippen molar-refractivity contribution in [3.8, 4) is 11.6 Å². The Kier molecular flexibility index (Phi) is 5.01. The molecule has 1 N–H and O–H groups in total. The summed E-state index contributed by atoms with van der Waals surface area (Å²) in [6.45, 7) is 3.73. The van der Waals surface area contributed by atoms with Gasteiger partial charge in [-0.1, -0.05) is 18.2 Å². The second-order valence-electron chi connectivity index (χ2n) is 4.58. The molecule has 0 amide bonds. The van der Waals surface area contributed by atoms with Crippen molar-refractivity contribution in [2.24, 2.45) is 7.05 Å². The van der Waals surface area contributed by atoms with Crippen molar-refractivity contribution in [1.29, 1.82) is 0 Å². The van der Waals surface area contributed by atoms with Crippen LogP contribution < -0.4 is 14.8 Å². The van der Waals surface area contributed by atoms with Gasteiger partial charge in [0, 0.05) is 25.2 Å². The van der Waals surface area contributed by atoms with E-state index in [1.807, 2.05) is 45.3 Å². The average Bonchev–Trinajstić information content (AvgIpc) is 2.75. The Morgan fingerprint density at radius 2 is 1.95 bits per heavy atom. The first-order valence-electron chi connectivity index (χ1n) is 6.69. The minimum Gasteiger partial charge on any atom is -0.490 e. The van der Waals surface area contributed by atoms with Gasteiger partial charge in [-0.2, -0.15) is 5.10 Å². The SMILES string of the molecule is CNCc1ccccc1OCCOc1cc(C)nn1C. The highest BCUT2D eigenvalue weighted by molar-refractivity contribution is 5.33. The van der Waals surface area contributed by atoms with Crippen LogP contribution in [-0.4, -0.2) is 30.0 Å². The third kappa shape index (κ3) is 3.74. The Morgan fingerprint density at radius 3 is 2.65 bits per heavy atom. The number of aryl methyl sites for hydroxylation is 2. The molecule has 0 saturated heterocycles. The van der Waals surface area contributed by atoms with Gasteiger partial charge in [0.1, 0.15) is 19.0 Å². The van der Waals surface area contributed by atoms with Gasteiger partial charge in [-0.15, -0.1) is 0 Å². The summed E-state index contributed by atoms with van der Waals surface area (Å²) in [5.41, 5.74) is 2.09. The van der Waals surface area contributed by atoms with Crippen LogP contribution in [0, 0.1) is 6.92 Å². The maximum absolute atomic E-state index is 5.76. The molecule has 2 aromatic rings. The summed E-state index contributed by atoms with van der Waals surface area (Å²) in [6, 6.07) is 9.92. The lowest BCUT2D eigenvalue weighted by atomic mass is 10.2. The number of para-hydroxylation sites is 1. The molecular weight excluding hydrogens is 254 g/mol. The van der Waals surface area contributed by atoms with Crippen molar-refractivity contribution in [2.75, 3.05) is 20.3 Å². The lowest BCUT2D eigenvalue weighted by Gasteiger charge is -2.11. The highest BCUT2D eigenvalue weighted by Crippen LogP contribution is 2.17. The zero-order chi connectivity index (χ0) is 14.4. The molecule has 1 heterocycles. The van der Waals surface area contributed by atoms with Crippen LogP contribution in [0.5, 0.6) is 11.6 Å². The van der Waals surface area contributed by atoms with Crippen molar-refractivity contribution >= 4 is 0 Å². The predicted octanol–water partition coefficient (Wildman–Crippen LogP) is 1.91. The quantitative estimate of drug-likeness (QED) is 0.784. The Bertz CT molecular complexity index is 552. The first-order valence-corrected chi connectivity index (χ1v) is 6.69. The molecule has 2 rings (SSSR count). The van der Waals surface area contributed by atoms with E-state index in [2.05, 4.69) is 16.5 Å². The maximum atomic E-state index is 5.76. The summed E-state index contributed by atoms with van der Waals surface area (Å²) in [5, 5.41) is 7.36. The second-order valence-corrected chi connectivity index (χ2v) is 4.58. The van der Waals surface area contributed by atoms with E-state index in [-0.39, 0.29) is 0 Å². The highest BCUT2D eigenvalue weighted by atomic mass is 16.5. The predicted molar refractivity (Wildman–Crippen MR) is 78.1 cm³/mol. The topological polar surface area (TPSA) is 48.3 Å². The summed E-state index contributed by atoms with van der Waals surface area (Å²) < 4.78 is 13.1. The summed E-state index contributed by atoms with van der Waals surface area (Å²) in [6.07, 6.45) is 0. The number of rotatable bonds is 7. The first kappa shape index (κ1) is 14.4. The minimum absolute atomic E-state index is 0.493. The zero-order valence-corrected chi connectivity index (χ0v) is 12.2. The van der Waals surface area contributed by atoms with Crippen LogP contribution >= 0.6 is 0 Å². The van der Waals surface area contributed by atoms with Gasteiger partial charge in [-0.05, 0) is 20.0 Å². The molecule has 5 nitrogen and oxygen atoms in total. The maximum Gasteiger partial charge on any atom is 0.211 e. The molecule has 0 bridgehead atoms. The van der Waals surface area contributed by atoms with Crippen LogP contribution in [0.25, 0.3) is 0 Å². The van der Waals surface area contributed by atoms with Crippen LogP contribution in [0.3, 0.4) is 0 Å². The third-order valence-corrected chi connectivity index (χ3v) is 2.89. The average molecular weight is 275 g/mol. The van der Waals surface area contributed by atoms with Crippen molar-refractivity contribution < 1.29 is 9.47 Å². The van der Waals surface area contributed by atoms with Gasteiger partial charge >= 0.3 is 0 Å². The van der Waals surface area contributed by atoms with Crippen LogP contribution in [0.15, 0.2) is 30.3 Å². The van der Waals surface area contributed by atoms with Gasteiger partial charge in [0.15, 0.2) is 0 Å². The van der Waals surface area contributed by atoms with Crippen molar-refractivity contribution in [1.82, 2.24) is 15.1 Å². The van der Waals surface area contributed by atoms with Gasteiger partial charge in [0.05, 0.1) is 5.69 Å². The molecule has 108 valence electrons. The van der Waals surface area contributed by atoms with Crippen LogP contribution in [-0.2, 0) is 13.6 Å². The van der Waals surface area contributed by atoms with Gasteiger partial charge < -0.3 is 14.8 Å². The van der Waals surface area contributed by atoms with E-state index in [1.54, 1.807) is 4.68 Å². The smallest absolute Gasteiger partial charge is 0.211 e. The van der Waals surface area contributed by atoms with Gasteiger partial charge in [0.25, 0.3) is 0 Å². The Labute approximate surface area is 119 Å². The molecule has 0 fully saturated rings. The molecule has 0 aliphatic carbocycles. The van der Waals surface area contributed by atoms with Gasteiger partial charge in [-0.25, -0.2) is 4.68 Å².